The fourth-order valence-corrected chi connectivity index (χ4v) is 3.93. The molecule has 1 atom stereocenters. The fourth-order valence-electron chi connectivity index (χ4n) is 1.95. The van der Waals surface area contributed by atoms with Crippen molar-refractivity contribution in [1.82, 2.24) is 4.90 Å². The molecule has 0 saturated carbocycles. The van der Waals surface area contributed by atoms with Gasteiger partial charge in [0.15, 0.2) is 0 Å². The molecular formula is C11H27NO4Si. The van der Waals surface area contributed by atoms with Gasteiger partial charge in [-0.1, -0.05) is 13.8 Å². The normalized spacial score (nSPS) is 14.3. The molecule has 1 N–H and O–H groups in total. The Labute approximate surface area is 106 Å². The van der Waals surface area contributed by atoms with Crippen molar-refractivity contribution in [3.63, 3.8) is 0 Å². The van der Waals surface area contributed by atoms with Crippen molar-refractivity contribution in [1.29, 1.82) is 0 Å². The average Bonchev–Trinajstić information content (AvgIpc) is 2.35. The molecule has 104 valence electrons. The second-order valence-corrected chi connectivity index (χ2v) is 7.22. The molecular weight excluding hydrogens is 238 g/mol. The smallest absolute Gasteiger partial charge is 0.395 e. The van der Waals surface area contributed by atoms with Crippen LogP contribution in [0.2, 0.25) is 6.04 Å². The zero-order valence-electron chi connectivity index (χ0n) is 11.7. The van der Waals surface area contributed by atoms with Gasteiger partial charge >= 0.3 is 8.80 Å². The van der Waals surface area contributed by atoms with Crippen LogP contribution >= 0.6 is 0 Å². The van der Waals surface area contributed by atoms with Gasteiger partial charge in [-0.05, 0) is 12.5 Å². The van der Waals surface area contributed by atoms with E-state index in [9.17, 15) is 0 Å². The summed E-state index contributed by atoms with van der Waals surface area (Å²) in [5, 5.41) is 8.94. The zero-order chi connectivity index (χ0) is 13.3. The highest BCUT2D eigenvalue weighted by Crippen LogP contribution is 2.19. The van der Waals surface area contributed by atoms with Crippen LogP contribution in [0.15, 0.2) is 0 Å². The van der Waals surface area contributed by atoms with Gasteiger partial charge in [-0.25, -0.2) is 0 Å². The second-order valence-electron chi connectivity index (χ2n) is 4.22. The van der Waals surface area contributed by atoms with Crippen LogP contribution in [0.5, 0.6) is 0 Å². The lowest BCUT2D eigenvalue weighted by atomic mass is 10.2. The first-order valence-electron chi connectivity index (χ1n) is 6.06. The van der Waals surface area contributed by atoms with Crippen LogP contribution in [0.1, 0.15) is 13.8 Å². The van der Waals surface area contributed by atoms with Crippen molar-refractivity contribution < 1.29 is 18.4 Å². The van der Waals surface area contributed by atoms with Crippen molar-refractivity contribution in [2.45, 2.75) is 19.9 Å². The molecule has 0 aromatic heterocycles. The lowest BCUT2D eigenvalue weighted by Gasteiger charge is -2.29. The first-order chi connectivity index (χ1) is 8.07. The molecule has 5 nitrogen and oxygen atoms in total. The van der Waals surface area contributed by atoms with E-state index < -0.39 is 8.80 Å². The molecule has 0 rings (SSSR count). The maximum Gasteiger partial charge on any atom is 0.500 e. The van der Waals surface area contributed by atoms with E-state index in [1.165, 1.54) is 0 Å². The highest BCUT2D eigenvalue weighted by Gasteiger charge is 2.39. The first kappa shape index (κ1) is 17.0. The molecule has 0 saturated heterocycles. The number of nitrogens with zero attached hydrogens (tertiary/aromatic N) is 1. The van der Waals surface area contributed by atoms with Gasteiger partial charge in [-0.2, -0.15) is 0 Å². The molecule has 1 unspecified atom stereocenters. The Morgan fingerprint density at radius 2 is 1.71 bits per heavy atom. The topological polar surface area (TPSA) is 51.2 Å². The molecule has 0 amide bonds. The quantitative estimate of drug-likeness (QED) is 0.593. The Hall–Kier alpha value is 0.0169. The van der Waals surface area contributed by atoms with E-state index in [0.29, 0.717) is 12.5 Å². The number of hydrogen-bond donors (Lipinski definition) is 1. The van der Waals surface area contributed by atoms with Gasteiger partial charge in [0.2, 0.25) is 0 Å². The van der Waals surface area contributed by atoms with Crippen LogP contribution < -0.4 is 0 Å². The van der Waals surface area contributed by atoms with Gasteiger partial charge in [0, 0.05) is 40.5 Å². The molecule has 17 heavy (non-hydrogen) atoms. The molecule has 0 spiro atoms. The Morgan fingerprint density at radius 1 is 1.18 bits per heavy atom. The Kier molecular flexibility index (Phi) is 9.02. The summed E-state index contributed by atoms with van der Waals surface area (Å²) in [4.78, 5) is 2.21. The van der Waals surface area contributed by atoms with E-state index in [1.807, 2.05) is 0 Å². The van der Waals surface area contributed by atoms with Crippen molar-refractivity contribution in [3.8, 4) is 0 Å². The molecule has 0 heterocycles. The number of likely N-dealkylation sites (N-methyl/N-ethyl adjacent to an activating group) is 1. The van der Waals surface area contributed by atoms with E-state index in [0.717, 1.165) is 19.1 Å². The molecule has 0 aromatic rings. The highest BCUT2D eigenvalue weighted by molar-refractivity contribution is 6.60. The monoisotopic (exact) mass is 265 g/mol. The van der Waals surface area contributed by atoms with E-state index in [-0.39, 0.29) is 6.61 Å². The third-order valence-electron chi connectivity index (χ3n) is 2.96. The summed E-state index contributed by atoms with van der Waals surface area (Å²) in [6.45, 7) is 7.01. The predicted octanol–water partition coefficient (Wildman–Crippen LogP) is 0.815. The first-order valence-corrected chi connectivity index (χ1v) is 7.99. The Morgan fingerprint density at radius 3 is 2.06 bits per heavy atom. The number of hydrogen-bond acceptors (Lipinski definition) is 5. The predicted molar refractivity (Wildman–Crippen MR) is 70.0 cm³/mol. The number of aliphatic hydroxyl groups excluding tert-OH is 1. The van der Waals surface area contributed by atoms with E-state index in [1.54, 1.807) is 21.3 Å². The van der Waals surface area contributed by atoms with Crippen LogP contribution in [0.4, 0.5) is 0 Å². The molecule has 0 fully saturated rings. The molecule has 6 heteroatoms. The van der Waals surface area contributed by atoms with E-state index in [2.05, 4.69) is 18.7 Å². The summed E-state index contributed by atoms with van der Waals surface area (Å²) in [6.07, 6.45) is 0. The minimum absolute atomic E-state index is 0.196. The van der Waals surface area contributed by atoms with Crippen LogP contribution in [0.3, 0.4) is 0 Å². The second kappa shape index (κ2) is 9.01. The van der Waals surface area contributed by atoms with Crippen LogP contribution in [0, 0.1) is 5.92 Å². The molecule has 0 radical (unpaired) electrons. The van der Waals surface area contributed by atoms with Crippen LogP contribution in [-0.4, -0.2) is 66.4 Å². The molecule has 0 aliphatic rings. The van der Waals surface area contributed by atoms with Crippen molar-refractivity contribution in [2.75, 3.05) is 47.6 Å². The zero-order valence-corrected chi connectivity index (χ0v) is 12.7. The molecule has 0 aliphatic carbocycles. The van der Waals surface area contributed by atoms with Gasteiger partial charge in [-0.3, -0.25) is 0 Å². The van der Waals surface area contributed by atoms with Gasteiger partial charge in [0.05, 0.1) is 6.61 Å². The standard InChI is InChI=1S/C11H27NO4Si/c1-6-12(7-8-13)9-11(2)10-17(14-3,15-4)16-5/h11,13H,6-10H2,1-5H3. The van der Waals surface area contributed by atoms with Crippen molar-refractivity contribution in [3.05, 3.63) is 0 Å². The van der Waals surface area contributed by atoms with Crippen molar-refractivity contribution in [2.24, 2.45) is 5.92 Å². The van der Waals surface area contributed by atoms with Crippen LogP contribution in [-0.2, 0) is 13.3 Å². The largest absolute Gasteiger partial charge is 0.500 e. The summed E-state index contributed by atoms with van der Waals surface area (Å²) < 4.78 is 16.2. The minimum atomic E-state index is -2.47. The van der Waals surface area contributed by atoms with Gasteiger partial charge in [-0.15, -0.1) is 0 Å². The number of aliphatic hydroxyl groups is 1. The molecule has 0 bridgehead atoms. The third kappa shape index (κ3) is 5.94. The fraction of sp³-hybridized carbons (Fsp3) is 1.00. The summed E-state index contributed by atoms with van der Waals surface area (Å²) in [5.74, 6) is 0.410. The van der Waals surface area contributed by atoms with Gasteiger partial charge in [0.25, 0.3) is 0 Å². The Balaban J connectivity index is 4.25. The lowest BCUT2D eigenvalue weighted by molar-refractivity contribution is 0.113. The summed E-state index contributed by atoms with van der Waals surface area (Å²) in [7, 11) is 2.44. The van der Waals surface area contributed by atoms with Gasteiger partial charge in [0.1, 0.15) is 0 Å². The van der Waals surface area contributed by atoms with E-state index in [4.69, 9.17) is 18.4 Å². The average molecular weight is 265 g/mol. The lowest BCUT2D eigenvalue weighted by Crippen LogP contribution is -2.45. The molecule has 0 aromatic carbocycles. The maximum atomic E-state index is 8.94. The highest BCUT2D eigenvalue weighted by atomic mass is 28.4. The SMILES string of the molecule is CCN(CCO)CC(C)C[Si](OC)(OC)OC. The van der Waals surface area contributed by atoms with E-state index >= 15 is 0 Å². The maximum absolute atomic E-state index is 8.94. The van der Waals surface area contributed by atoms with Gasteiger partial charge < -0.3 is 23.3 Å². The minimum Gasteiger partial charge on any atom is -0.395 e. The summed E-state index contributed by atoms with van der Waals surface area (Å²) in [5.41, 5.74) is 0. The third-order valence-corrected chi connectivity index (χ3v) is 6.03. The molecule has 0 aliphatic heterocycles. The van der Waals surface area contributed by atoms with Crippen molar-refractivity contribution >= 4 is 8.80 Å². The number of rotatable bonds is 10. The van der Waals surface area contributed by atoms with Crippen LogP contribution in [0.25, 0.3) is 0 Å². The Bertz CT molecular complexity index is 182. The summed E-state index contributed by atoms with van der Waals surface area (Å²) >= 11 is 0. The summed E-state index contributed by atoms with van der Waals surface area (Å²) in [6, 6.07) is 0.790.